The third-order valence-electron chi connectivity index (χ3n) is 5.12. The van der Waals surface area contributed by atoms with Crippen molar-refractivity contribution in [2.45, 2.75) is 6.42 Å². The maximum atomic E-state index is 5.87. The van der Waals surface area contributed by atoms with E-state index in [0.717, 1.165) is 45.8 Å². The first kappa shape index (κ1) is 18.1. The highest BCUT2D eigenvalue weighted by Gasteiger charge is 2.19. The molecule has 0 bridgehead atoms. The Kier molecular flexibility index (Phi) is 4.93. The standard InChI is InChI=1S/C27H22N2O/c1-3-11-21(12-4-1)28-22-13-7-8-16-24(19-22)29(23-14-5-2-6-15-23)26-20-30-27-18-10-9-17-25(26)27/h1-12,14-20,28H,13H2. The number of nitrogens with zero attached hydrogens (tertiary/aromatic N) is 1. The number of allylic oxidation sites excluding steroid dienone is 4. The number of furan rings is 1. The summed E-state index contributed by atoms with van der Waals surface area (Å²) in [5.74, 6) is 0. The number of hydrogen-bond donors (Lipinski definition) is 1. The number of rotatable bonds is 5. The van der Waals surface area contributed by atoms with E-state index in [2.05, 4.69) is 77.0 Å². The van der Waals surface area contributed by atoms with Crippen molar-refractivity contribution in [2.75, 3.05) is 10.2 Å². The van der Waals surface area contributed by atoms with Crippen LogP contribution in [-0.4, -0.2) is 0 Å². The van der Waals surface area contributed by atoms with Gasteiger partial charge in [-0.1, -0.05) is 60.7 Å². The lowest BCUT2D eigenvalue weighted by Gasteiger charge is -2.25. The van der Waals surface area contributed by atoms with Gasteiger partial charge in [-0.2, -0.15) is 0 Å². The molecular formula is C27H22N2O. The van der Waals surface area contributed by atoms with Crippen LogP contribution in [0, 0.1) is 0 Å². The molecule has 0 saturated carbocycles. The minimum Gasteiger partial charge on any atom is -0.462 e. The largest absolute Gasteiger partial charge is 0.462 e. The SMILES string of the molecule is C1=CCC(Nc2ccccc2)=CC(N(c2ccccc2)c2coc3ccccc23)=C1. The Labute approximate surface area is 176 Å². The summed E-state index contributed by atoms with van der Waals surface area (Å²) in [6, 6.07) is 28.8. The minimum absolute atomic E-state index is 0.837. The van der Waals surface area contributed by atoms with E-state index in [0.29, 0.717) is 0 Å². The Morgan fingerprint density at radius 3 is 2.37 bits per heavy atom. The van der Waals surface area contributed by atoms with Gasteiger partial charge in [0.05, 0.1) is 5.69 Å². The number of fused-ring (bicyclic) bond motifs is 1. The molecule has 1 aliphatic rings. The van der Waals surface area contributed by atoms with Crippen LogP contribution in [0.4, 0.5) is 17.1 Å². The van der Waals surface area contributed by atoms with Gasteiger partial charge >= 0.3 is 0 Å². The first-order valence-electron chi connectivity index (χ1n) is 10.1. The smallest absolute Gasteiger partial charge is 0.136 e. The molecule has 0 aliphatic heterocycles. The third kappa shape index (κ3) is 3.65. The van der Waals surface area contributed by atoms with Crippen molar-refractivity contribution in [1.82, 2.24) is 0 Å². The van der Waals surface area contributed by atoms with Crippen molar-refractivity contribution in [3.05, 3.63) is 127 Å². The van der Waals surface area contributed by atoms with Gasteiger partial charge in [0.15, 0.2) is 0 Å². The predicted molar refractivity (Wildman–Crippen MR) is 125 cm³/mol. The van der Waals surface area contributed by atoms with Crippen LogP contribution >= 0.6 is 0 Å². The van der Waals surface area contributed by atoms with Crippen LogP contribution in [0.25, 0.3) is 11.0 Å². The molecule has 1 aromatic heterocycles. The fourth-order valence-corrected chi connectivity index (χ4v) is 3.72. The van der Waals surface area contributed by atoms with E-state index in [1.165, 1.54) is 0 Å². The van der Waals surface area contributed by atoms with Gasteiger partial charge in [0.25, 0.3) is 0 Å². The molecule has 0 spiro atoms. The van der Waals surface area contributed by atoms with Gasteiger partial charge in [0, 0.05) is 34.6 Å². The predicted octanol–water partition coefficient (Wildman–Crippen LogP) is 7.41. The van der Waals surface area contributed by atoms with Crippen LogP contribution in [0.1, 0.15) is 6.42 Å². The average molecular weight is 390 g/mol. The van der Waals surface area contributed by atoms with Gasteiger partial charge < -0.3 is 14.6 Å². The fourth-order valence-electron chi connectivity index (χ4n) is 3.72. The van der Waals surface area contributed by atoms with E-state index in [4.69, 9.17) is 4.42 Å². The first-order chi connectivity index (χ1) is 14.9. The second-order valence-corrected chi connectivity index (χ2v) is 7.17. The molecule has 0 fully saturated rings. The lowest BCUT2D eigenvalue weighted by atomic mass is 10.1. The molecule has 0 saturated heterocycles. The summed E-state index contributed by atoms with van der Waals surface area (Å²) in [4.78, 5) is 2.24. The summed E-state index contributed by atoms with van der Waals surface area (Å²) in [5.41, 5.74) is 6.27. The van der Waals surface area contributed by atoms with E-state index < -0.39 is 0 Å². The molecule has 0 unspecified atom stereocenters. The second kappa shape index (κ2) is 8.18. The average Bonchev–Trinajstić information content (AvgIpc) is 3.08. The Bertz CT molecular complexity index is 1230. The van der Waals surface area contributed by atoms with Crippen LogP contribution in [-0.2, 0) is 0 Å². The van der Waals surface area contributed by atoms with Gasteiger partial charge in [-0.15, -0.1) is 0 Å². The van der Waals surface area contributed by atoms with Crippen molar-refractivity contribution in [3.63, 3.8) is 0 Å². The van der Waals surface area contributed by atoms with E-state index >= 15 is 0 Å². The summed E-state index contributed by atoms with van der Waals surface area (Å²) in [5, 5.41) is 4.64. The minimum atomic E-state index is 0.837. The van der Waals surface area contributed by atoms with Gasteiger partial charge in [-0.05, 0) is 48.6 Å². The van der Waals surface area contributed by atoms with Crippen molar-refractivity contribution in [3.8, 4) is 0 Å². The van der Waals surface area contributed by atoms with Crippen molar-refractivity contribution in [2.24, 2.45) is 0 Å². The molecule has 0 radical (unpaired) electrons. The third-order valence-corrected chi connectivity index (χ3v) is 5.12. The Morgan fingerprint density at radius 2 is 1.53 bits per heavy atom. The Morgan fingerprint density at radius 1 is 0.800 bits per heavy atom. The van der Waals surface area contributed by atoms with E-state index in [9.17, 15) is 0 Å². The number of hydrogen-bond acceptors (Lipinski definition) is 3. The molecule has 3 aromatic carbocycles. The molecular weight excluding hydrogens is 368 g/mol. The molecule has 0 amide bonds. The lowest BCUT2D eigenvalue weighted by molar-refractivity contribution is 0.616. The normalized spacial score (nSPS) is 13.5. The molecule has 0 atom stereocenters. The summed E-state index contributed by atoms with van der Waals surface area (Å²) < 4.78 is 5.87. The highest BCUT2D eigenvalue weighted by atomic mass is 16.3. The molecule has 3 nitrogen and oxygen atoms in total. The number of benzene rings is 3. The van der Waals surface area contributed by atoms with Crippen LogP contribution in [0.2, 0.25) is 0 Å². The van der Waals surface area contributed by atoms with Crippen molar-refractivity contribution >= 4 is 28.0 Å². The monoisotopic (exact) mass is 390 g/mol. The van der Waals surface area contributed by atoms with Crippen LogP contribution in [0.5, 0.6) is 0 Å². The topological polar surface area (TPSA) is 28.4 Å². The van der Waals surface area contributed by atoms with Crippen molar-refractivity contribution in [1.29, 1.82) is 0 Å². The summed E-state index contributed by atoms with van der Waals surface area (Å²) in [6.45, 7) is 0. The lowest BCUT2D eigenvalue weighted by Crippen LogP contribution is -2.15. The first-order valence-corrected chi connectivity index (χ1v) is 10.1. The number of nitrogens with one attached hydrogen (secondary N) is 1. The van der Waals surface area contributed by atoms with E-state index in [1.54, 1.807) is 0 Å². The van der Waals surface area contributed by atoms with Crippen LogP contribution < -0.4 is 10.2 Å². The Balaban J connectivity index is 1.61. The molecule has 1 N–H and O–H groups in total. The quantitative estimate of drug-likeness (QED) is 0.384. The van der Waals surface area contributed by atoms with Gasteiger partial charge in [0.2, 0.25) is 0 Å². The summed E-state index contributed by atoms with van der Waals surface area (Å²) in [7, 11) is 0. The van der Waals surface area contributed by atoms with Gasteiger partial charge in [-0.25, -0.2) is 0 Å². The summed E-state index contributed by atoms with van der Waals surface area (Å²) in [6.07, 6.45) is 11.3. The van der Waals surface area contributed by atoms with Gasteiger partial charge in [-0.3, -0.25) is 0 Å². The molecule has 5 rings (SSSR count). The molecule has 1 aliphatic carbocycles. The molecule has 4 aromatic rings. The summed E-state index contributed by atoms with van der Waals surface area (Å²) >= 11 is 0. The highest BCUT2D eigenvalue weighted by Crippen LogP contribution is 2.38. The number of anilines is 3. The molecule has 1 heterocycles. The van der Waals surface area contributed by atoms with Crippen LogP contribution in [0.3, 0.4) is 0 Å². The second-order valence-electron chi connectivity index (χ2n) is 7.17. The highest BCUT2D eigenvalue weighted by molar-refractivity contribution is 5.94. The van der Waals surface area contributed by atoms with E-state index in [-0.39, 0.29) is 0 Å². The number of para-hydroxylation sites is 3. The maximum absolute atomic E-state index is 5.87. The molecule has 30 heavy (non-hydrogen) atoms. The fraction of sp³-hybridized carbons (Fsp3) is 0.0370. The maximum Gasteiger partial charge on any atom is 0.136 e. The Hall–Kier alpha value is -3.98. The van der Waals surface area contributed by atoms with Gasteiger partial charge in [0.1, 0.15) is 11.8 Å². The van der Waals surface area contributed by atoms with Crippen LogP contribution in [0.15, 0.2) is 131 Å². The van der Waals surface area contributed by atoms with Crippen molar-refractivity contribution < 1.29 is 4.42 Å². The molecule has 146 valence electrons. The zero-order chi connectivity index (χ0) is 20.2. The zero-order valence-corrected chi connectivity index (χ0v) is 16.5. The molecule has 3 heteroatoms. The van der Waals surface area contributed by atoms with E-state index in [1.807, 2.05) is 48.7 Å². The zero-order valence-electron chi connectivity index (χ0n) is 16.5.